The predicted molar refractivity (Wildman–Crippen MR) is 98.6 cm³/mol. The summed E-state index contributed by atoms with van der Waals surface area (Å²) in [6, 6.07) is 4.48. The maximum absolute atomic E-state index is 11.1. The summed E-state index contributed by atoms with van der Waals surface area (Å²) >= 11 is 6.04. The summed E-state index contributed by atoms with van der Waals surface area (Å²) in [5.74, 6) is -0.242. The lowest BCUT2D eigenvalue weighted by atomic mass is 10.2. The van der Waals surface area contributed by atoms with Gasteiger partial charge in [0.2, 0.25) is 11.6 Å². The largest absolute Gasteiger partial charge is 0.478 e. The molecular formula is C16H16ClN7O3. The molecule has 3 aromatic rings. The summed E-state index contributed by atoms with van der Waals surface area (Å²) in [7, 11) is 0. The van der Waals surface area contributed by atoms with Gasteiger partial charge in [0.25, 0.3) is 0 Å². The highest BCUT2D eigenvalue weighted by Crippen LogP contribution is 2.29. The first-order valence-corrected chi connectivity index (χ1v) is 8.70. The van der Waals surface area contributed by atoms with Crippen LogP contribution in [0.4, 0.5) is 17.5 Å². The van der Waals surface area contributed by atoms with Crippen LogP contribution in [0.5, 0.6) is 0 Å². The van der Waals surface area contributed by atoms with Gasteiger partial charge in [-0.3, -0.25) is 0 Å². The molecule has 1 fully saturated rings. The summed E-state index contributed by atoms with van der Waals surface area (Å²) in [4.78, 5) is 22.0. The fraction of sp³-hybridized carbons (Fsp3) is 0.312. The molecule has 0 saturated carbocycles. The van der Waals surface area contributed by atoms with E-state index in [0.717, 1.165) is 19.4 Å². The van der Waals surface area contributed by atoms with Crippen molar-refractivity contribution in [2.45, 2.75) is 18.9 Å². The minimum absolute atomic E-state index is 0.0139. The highest BCUT2D eigenvalue weighted by Gasteiger charge is 2.27. The van der Waals surface area contributed by atoms with Gasteiger partial charge in [-0.15, -0.1) is 5.10 Å². The number of aliphatic hydroxyl groups is 1. The van der Waals surface area contributed by atoms with Crippen molar-refractivity contribution in [3.05, 3.63) is 28.8 Å². The molecule has 4 rings (SSSR count). The molecule has 1 unspecified atom stereocenters. The van der Waals surface area contributed by atoms with E-state index in [2.05, 4.69) is 30.7 Å². The van der Waals surface area contributed by atoms with E-state index < -0.39 is 5.97 Å². The van der Waals surface area contributed by atoms with Crippen LogP contribution in [0.1, 0.15) is 23.2 Å². The number of anilines is 3. The summed E-state index contributed by atoms with van der Waals surface area (Å²) in [5, 5.41) is 32.5. The molecule has 0 aliphatic carbocycles. The van der Waals surface area contributed by atoms with Crippen LogP contribution in [-0.2, 0) is 0 Å². The van der Waals surface area contributed by atoms with Crippen molar-refractivity contribution >= 4 is 46.2 Å². The number of aliphatic hydroxyl groups excluding tert-OH is 1. The Kier molecular flexibility index (Phi) is 4.50. The zero-order chi connectivity index (χ0) is 19.0. The topological polar surface area (TPSA) is 140 Å². The number of carboxylic acids is 1. The molecule has 0 amide bonds. The summed E-state index contributed by atoms with van der Waals surface area (Å²) in [5.41, 5.74) is 1.40. The van der Waals surface area contributed by atoms with Crippen LogP contribution in [0.2, 0.25) is 5.02 Å². The van der Waals surface area contributed by atoms with Gasteiger partial charge >= 0.3 is 5.97 Å². The van der Waals surface area contributed by atoms with Crippen LogP contribution < -0.4 is 10.2 Å². The molecule has 1 aromatic carbocycles. The van der Waals surface area contributed by atoms with Crippen molar-refractivity contribution in [1.29, 1.82) is 0 Å². The second-order valence-electron chi connectivity index (χ2n) is 6.16. The van der Waals surface area contributed by atoms with Crippen molar-refractivity contribution < 1.29 is 15.0 Å². The van der Waals surface area contributed by atoms with Gasteiger partial charge in [-0.25, -0.2) is 4.79 Å². The molecule has 1 saturated heterocycles. The van der Waals surface area contributed by atoms with Crippen LogP contribution in [-0.4, -0.2) is 60.8 Å². The van der Waals surface area contributed by atoms with Gasteiger partial charge in [0.1, 0.15) is 0 Å². The number of hydrogen-bond acceptors (Lipinski definition) is 8. The maximum atomic E-state index is 11.1. The van der Waals surface area contributed by atoms with E-state index in [1.807, 2.05) is 4.90 Å². The van der Waals surface area contributed by atoms with Gasteiger partial charge in [-0.2, -0.15) is 20.3 Å². The van der Waals surface area contributed by atoms with Crippen LogP contribution >= 0.6 is 11.6 Å². The Balaban J connectivity index is 1.72. The molecule has 27 heavy (non-hydrogen) atoms. The third-order valence-corrected chi connectivity index (χ3v) is 4.79. The standard InChI is InChI=1S/C16H16ClN7O3/c17-11-6-8(3-4-10(11)15(26)27)18-13-12-14(22-23-21-12)20-16(19-13)24-5-1-2-9(24)7-25/h3-4,6,9,25H,1-2,5,7H2,(H,26,27)(H2,18,19,20,21,22,23). The molecule has 3 heterocycles. The number of H-pyrrole nitrogens is 1. The van der Waals surface area contributed by atoms with Crippen molar-refractivity contribution in [1.82, 2.24) is 25.4 Å². The number of fused-ring (bicyclic) bond motifs is 1. The van der Waals surface area contributed by atoms with Gasteiger partial charge in [0, 0.05) is 12.2 Å². The predicted octanol–water partition coefficient (Wildman–Crippen LogP) is 1.80. The summed E-state index contributed by atoms with van der Waals surface area (Å²) in [6.07, 6.45) is 1.81. The maximum Gasteiger partial charge on any atom is 0.337 e. The number of aromatic nitrogens is 5. The molecule has 0 spiro atoms. The molecule has 10 nitrogen and oxygen atoms in total. The number of nitrogens with one attached hydrogen (secondary N) is 2. The number of nitrogens with zero attached hydrogens (tertiary/aromatic N) is 5. The average Bonchev–Trinajstić information content (AvgIpc) is 3.30. The lowest BCUT2D eigenvalue weighted by molar-refractivity contribution is 0.0697. The molecule has 1 aliphatic rings. The minimum Gasteiger partial charge on any atom is -0.478 e. The number of aromatic carboxylic acids is 1. The van der Waals surface area contributed by atoms with E-state index in [0.29, 0.717) is 28.6 Å². The molecular weight excluding hydrogens is 374 g/mol. The van der Waals surface area contributed by atoms with Gasteiger partial charge in [-0.05, 0) is 31.0 Å². The van der Waals surface area contributed by atoms with Gasteiger partial charge < -0.3 is 20.4 Å². The Morgan fingerprint density at radius 1 is 1.37 bits per heavy atom. The fourth-order valence-corrected chi connectivity index (χ4v) is 3.40. The highest BCUT2D eigenvalue weighted by atomic mass is 35.5. The second kappa shape index (κ2) is 6.97. The summed E-state index contributed by atoms with van der Waals surface area (Å²) in [6.45, 7) is 0.766. The number of rotatable bonds is 5. The lowest BCUT2D eigenvalue weighted by Crippen LogP contribution is -2.33. The smallest absolute Gasteiger partial charge is 0.337 e. The molecule has 0 radical (unpaired) electrons. The molecule has 140 valence electrons. The van der Waals surface area contributed by atoms with Gasteiger partial charge in [0.15, 0.2) is 11.3 Å². The minimum atomic E-state index is -1.10. The number of halogens is 1. The quantitative estimate of drug-likeness (QED) is 0.514. The van der Waals surface area contributed by atoms with Crippen LogP contribution in [0.3, 0.4) is 0 Å². The first kappa shape index (κ1) is 17.4. The SMILES string of the molecule is O=C(O)c1ccc(Nc2nc(N3CCCC3CO)nc3n[nH]nc23)cc1Cl. The van der Waals surface area contributed by atoms with Crippen LogP contribution in [0, 0.1) is 0 Å². The third kappa shape index (κ3) is 3.24. The Hall–Kier alpha value is -2.98. The molecule has 1 aliphatic heterocycles. The molecule has 0 bridgehead atoms. The lowest BCUT2D eigenvalue weighted by Gasteiger charge is -2.23. The Morgan fingerprint density at radius 2 is 2.22 bits per heavy atom. The number of aromatic amines is 1. The van der Waals surface area contributed by atoms with E-state index in [1.165, 1.54) is 12.1 Å². The Morgan fingerprint density at radius 3 is 2.96 bits per heavy atom. The normalized spacial score (nSPS) is 16.8. The number of hydrogen-bond donors (Lipinski definition) is 4. The molecule has 2 aromatic heterocycles. The van der Waals surface area contributed by atoms with Crippen molar-refractivity contribution in [2.24, 2.45) is 0 Å². The zero-order valence-corrected chi connectivity index (χ0v) is 14.8. The zero-order valence-electron chi connectivity index (χ0n) is 14.1. The number of carboxylic acid groups (broad SMARTS) is 1. The third-order valence-electron chi connectivity index (χ3n) is 4.48. The summed E-state index contributed by atoms with van der Waals surface area (Å²) < 4.78 is 0. The Labute approximate surface area is 158 Å². The van der Waals surface area contributed by atoms with Crippen molar-refractivity contribution in [3.8, 4) is 0 Å². The van der Waals surface area contributed by atoms with E-state index in [-0.39, 0.29) is 23.2 Å². The van der Waals surface area contributed by atoms with E-state index in [4.69, 9.17) is 16.7 Å². The molecule has 4 N–H and O–H groups in total. The van der Waals surface area contributed by atoms with Crippen molar-refractivity contribution in [3.63, 3.8) is 0 Å². The van der Waals surface area contributed by atoms with E-state index in [1.54, 1.807) is 6.07 Å². The van der Waals surface area contributed by atoms with Gasteiger partial charge in [-0.1, -0.05) is 11.6 Å². The first-order valence-electron chi connectivity index (χ1n) is 8.32. The monoisotopic (exact) mass is 389 g/mol. The van der Waals surface area contributed by atoms with E-state index in [9.17, 15) is 9.90 Å². The number of carbonyl (C=O) groups is 1. The number of benzene rings is 1. The van der Waals surface area contributed by atoms with Crippen LogP contribution in [0.15, 0.2) is 18.2 Å². The fourth-order valence-electron chi connectivity index (χ4n) is 3.14. The molecule has 1 atom stereocenters. The Bertz CT molecular complexity index is 1010. The average molecular weight is 390 g/mol. The van der Waals surface area contributed by atoms with Gasteiger partial charge in [0.05, 0.1) is 23.2 Å². The first-order chi connectivity index (χ1) is 13.1. The van der Waals surface area contributed by atoms with Crippen LogP contribution in [0.25, 0.3) is 11.2 Å². The highest BCUT2D eigenvalue weighted by molar-refractivity contribution is 6.33. The second-order valence-corrected chi connectivity index (χ2v) is 6.57. The molecule has 11 heteroatoms. The van der Waals surface area contributed by atoms with Crippen molar-refractivity contribution in [2.75, 3.05) is 23.4 Å². The van der Waals surface area contributed by atoms with E-state index >= 15 is 0 Å².